The number of carbonyl (C=O) groups is 1. The third-order valence-corrected chi connectivity index (χ3v) is 3.14. The molecule has 0 aliphatic heterocycles. The minimum Gasteiger partial charge on any atom is -0.508 e. The van der Waals surface area contributed by atoms with Crippen molar-refractivity contribution in [1.82, 2.24) is 5.43 Å². The number of hydrogen-bond donors (Lipinski definition) is 2. The van der Waals surface area contributed by atoms with E-state index in [9.17, 15) is 9.90 Å². The predicted molar refractivity (Wildman–Crippen MR) is 81.8 cm³/mol. The first kappa shape index (κ1) is 16.2. The first-order valence-corrected chi connectivity index (χ1v) is 7.26. The maximum atomic E-state index is 11.6. The number of rotatable bonds is 8. The summed E-state index contributed by atoms with van der Waals surface area (Å²) in [5.41, 5.74) is 4.18. The van der Waals surface area contributed by atoms with Gasteiger partial charge in [-0.1, -0.05) is 32.6 Å². The summed E-state index contributed by atoms with van der Waals surface area (Å²) in [4.78, 5) is 11.6. The minimum absolute atomic E-state index is 0.0420. The molecule has 0 aliphatic rings. The molecule has 0 saturated heterocycles. The Labute approximate surface area is 120 Å². The predicted octanol–water partition coefficient (Wildman–Crippen LogP) is 3.59. The van der Waals surface area contributed by atoms with Crippen molar-refractivity contribution >= 4 is 11.6 Å². The van der Waals surface area contributed by atoms with Crippen LogP contribution in [0, 0.1) is 0 Å². The van der Waals surface area contributed by atoms with Gasteiger partial charge in [0.1, 0.15) is 5.75 Å². The average molecular weight is 276 g/mol. The SMILES string of the molecule is CCCCCCCC(=O)N/N=C(\C)c1ccc(O)cc1. The van der Waals surface area contributed by atoms with Crippen LogP contribution in [0.4, 0.5) is 0 Å². The second kappa shape index (κ2) is 9.13. The summed E-state index contributed by atoms with van der Waals surface area (Å²) in [6.07, 6.45) is 6.18. The first-order valence-electron chi connectivity index (χ1n) is 7.26. The highest BCUT2D eigenvalue weighted by Crippen LogP contribution is 2.10. The molecule has 0 spiro atoms. The Balaban J connectivity index is 2.31. The van der Waals surface area contributed by atoms with Gasteiger partial charge in [-0.3, -0.25) is 4.79 Å². The van der Waals surface area contributed by atoms with Gasteiger partial charge in [-0.2, -0.15) is 5.10 Å². The zero-order valence-corrected chi connectivity index (χ0v) is 12.4. The number of amides is 1. The summed E-state index contributed by atoms with van der Waals surface area (Å²) in [6, 6.07) is 6.74. The van der Waals surface area contributed by atoms with Crippen LogP contribution in [-0.4, -0.2) is 16.7 Å². The number of carbonyl (C=O) groups excluding carboxylic acids is 1. The van der Waals surface area contributed by atoms with Gasteiger partial charge in [0.15, 0.2) is 0 Å². The van der Waals surface area contributed by atoms with Crippen LogP contribution in [0.15, 0.2) is 29.4 Å². The summed E-state index contributed by atoms with van der Waals surface area (Å²) in [5.74, 6) is 0.178. The van der Waals surface area contributed by atoms with E-state index in [1.807, 2.05) is 6.92 Å². The molecule has 0 aromatic heterocycles. The average Bonchev–Trinajstić information content (AvgIpc) is 2.45. The number of nitrogens with one attached hydrogen (secondary N) is 1. The molecule has 2 N–H and O–H groups in total. The molecule has 4 heteroatoms. The maximum Gasteiger partial charge on any atom is 0.240 e. The summed E-state index contributed by atoms with van der Waals surface area (Å²) in [6.45, 7) is 4.00. The molecule has 1 aromatic rings. The topological polar surface area (TPSA) is 61.7 Å². The van der Waals surface area contributed by atoms with Crippen molar-refractivity contribution < 1.29 is 9.90 Å². The van der Waals surface area contributed by atoms with Crippen molar-refractivity contribution in [1.29, 1.82) is 0 Å². The number of benzene rings is 1. The summed E-state index contributed by atoms with van der Waals surface area (Å²) in [5, 5.41) is 13.3. The summed E-state index contributed by atoms with van der Waals surface area (Å²) < 4.78 is 0. The van der Waals surface area contributed by atoms with E-state index in [0.29, 0.717) is 6.42 Å². The van der Waals surface area contributed by atoms with Crippen LogP contribution < -0.4 is 5.43 Å². The highest BCUT2D eigenvalue weighted by Gasteiger charge is 2.01. The third-order valence-electron chi connectivity index (χ3n) is 3.14. The van der Waals surface area contributed by atoms with Crippen LogP contribution >= 0.6 is 0 Å². The van der Waals surface area contributed by atoms with Gasteiger partial charge in [-0.25, -0.2) is 5.43 Å². The van der Waals surface area contributed by atoms with E-state index < -0.39 is 0 Å². The molecule has 0 fully saturated rings. The van der Waals surface area contributed by atoms with Gasteiger partial charge in [-0.05, 0) is 43.2 Å². The van der Waals surface area contributed by atoms with Crippen LogP contribution in [0.1, 0.15) is 57.9 Å². The van der Waals surface area contributed by atoms with Crippen LogP contribution in [0.2, 0.25) is 0 Å². The van der Waals surface area contributed by atoms with Gasteiger partial charge in [0.2, 0.25) is 5.91 Å². The Hall–Kier alpha value is -1.84. The van der Waals surface area contributed by atoms with Crippen LogP contribution in [0.3, 0.4) is 0 Å². The molecule has 110 valence electrons. The zero-order chi connectivity index (χ0) is 14.8. The smallest absolute Gasteiger partial charge is 0.240 e. The lowest BCUT2D eigenvalue weighted by atomic mass is 10.1. The molecule has 0 atom stereocenters. The fraction of sp³-hybridized carbons (Fsp3) is 0.500. The zero-order valence-electron chi connectivity index (χ0n) is 12.4. The molecule has 0 bridgehead atoms. The molecule has 0 saturated carbocycles. The molecule has 0 radical (unpaired) electrons. The Morgan fingerprint density at radius 3 is 2.45 bits per heavy atom. The molecule has 1 amide bonds. The normalized spacial score (nSPS) is 11.4. The van der Waals surface area contributed by atoms with Gasteiger partial charge in [-0.15, -0.1) is 0 Å². The van der Waals surface area contributed by atoms with E-state index in [2.05, 4.69) is 17.5 Å². The summed E-state index contributed by atoms with van der Waals surface area (Å²) in [7, 11) is 0. The molecular formula is C16H24N2O2. The lowest BCUT2D eigenvalue weighted by molar-refractivity contribution is -0.121. The Morgan fingerprint density at radius 1 is 1.15 bits per heavy atom. The lowest BCUT2D eigenvalue weighted by Crippen LogP contribution is -2.18. The number of phenolic OH excluding ortho intramolecular Hbond substituents is 1. The van der Waals surface area contributed by atoms with Crippen molar-refractivity contribution in [3.63, 3.8) is 0 Å². The number of unbranched alkanes of at least 4 members (excludes halogenated alkanes) is 4. The van der Waals surface area contributed by atoms with Gasteiger partial charge in [0.05, 0.1) is 5.71 Å². The highest BCUT2D eigenvalue weighted by atomic mass is 16.3. The number of aromatic hydroxyl groups is 1. The van der Waals surface area contributed by atoms with Crippen molar-refractivity contribution in [2.24, 2.45) is 5.10 Å². The number of phenols is 1. The number of nitrogens with zero attached hydrogens (tertiary/aromatic N) is 1. The van der Waals surface area contributed by atoms with E-state index in [4.69, 9.17) is 0 Å². The number of hydrogen-bond acceptors (Lipinski definition) is 3. The molecule has 1 rings (SSSR count). The molecular weight excluding hydrogens is 252 g/mol. The Morgan fingerprint density at radius 2 is 1.80 bits per heavy atom. The Bertz CT molecular complexity index is 438. The molecule has 1 aromatic carbocycles. The van der Waals surface area contributed by atoms with E-state index in [1.165, 1.54) is 19.3 Å². The van der Waals surface area contributed by atoms with Crippen molar-refractivity contribution in [3.05, 3.63) is 29.8 Å². The van der Waals surface area contributed by atoms with E-state index >= 15 is 0 Å². The fourth-order valence-electron chi connectivity index (χ4n) is 1.86. The second-order valence-electron chi connectivity index (χ2n) is 4.94. The molecule has 0 unspecified atom stereocenters. The van der Waals surface area contributed by atoms with Crippen molar-refractivity contribution in [2.75, 3.05) is 0 Å². The largest absolute Gasteiger partial charge is 0.508 e. The van der Waals surface area contributed by atoms with Gasteiger partial charge in [0.25, 0.3) is 0 Å². The first-order chi connectivity index (χ1) is 9.63. The van der Waals surface area contributed by atoms with E-state index in [0.717, 1.165) is 24.1 Å². The monoisotopic (exact) mass is 276 g/mol. The fourth-order valence-corrected chi connectivity index (χ4v) is 1.86. The quantitative estimate of drug-likeness (QED) is 0.433. The van der Waals surface area contributed by atoms with E-state index in [-0.39, 0.29) is 11.7 Å². The second-order valence-corrected chi connectivity index (χ2v) is 4.94. The molecule has 20 heavy (non-hydrogen) atoms. The highest BCUT2D eigenvalue weighted by molar-refractivity contribution is 5.99. The number of hydrazone groups is 1. The standard InChI is InChI=1S/C16H24N2O2/c1-3-4-5-6-7-8-16(20)18-17-13(2)14-9-11-15(19)12-10-14/h9-12,19H,3-8H2,1-2H3,(H,18,20)/b17-13+. The van der Waals surface area contributed by atoms with Crippen LogP contribution in [0.25, 0.3) is 0 Å². The Kier molecular flexibility index (Phi) is 7.40. The molecule has 0 aliphatic carbocycles. The van der Waals surface area contributed by atoms with Gasteiger partial charge in [0, 0.05) is 6.42 Å². The maximum absolute atomic E-state index is 11.6. The molecule has 4 nitrogen and oxygen atoms in total. The van der Waals surface area contributed by atoms with Gasteiger partial charge < -0.3 is 5.11 Å². The van der Waals surface area contributed by atoms with Gasteiger partial charge >= 0.3 is 0 Å². The van der Waals surface area contributed by atoms with Crippen molar-refractivity contribution in [2.45, 2.75) is 52.4 Å². The molecule has 0 heterocycles. The minimum atomic E-state index is -0.0420. The summed E-state index contributed by atoms with van der Waals surface area (Å²) >= 11 is 0. The van der Waals surface area contributed by atoms with Crippen LogP contribution in [0.5, 0.6) is 5.75 Å². The van der Waals surface area contributed by atoms with Crippen LogP contribution in [-0.2, 0) is 4.79 Å². The van der Waals surface area contributed by atoms with Crippen molar-refractivity contribution in [3.8, 4) is 5.75 Å². The lowest BCUT2D eigenvalue weighted by Gasteiger charge is -2.03. The third kappa shape index (κ3) is 6.36. The van der Waals surface area contributed by atoms with E-state index in [1.54, 1.807) is 24.3 Å².